The molecule has 0 radical (unpaired) electrons. The first-order valence-electron chi connectivity index (χ1n) is 9.74. The molecule has 3 aliphatic rings. The van der Waals surface area contributed by atoms with E-state index in [1.807, 2.05) is 11.8 Å². The lowest BCUT2D eigenvalue weighted by molar-refractivity contribution is 0.0637. The van der Waals surface area contributed by atoms with Gasteiger partial charge in [-0.15, -0.1) is 0 Å². The Morgan fingerprint density at radius 2 is 2.07 bits per heavy atom. The normalized spacial score (nSPS) is 23.7. The number of ether oxygens (including phenoxy) is 2. The van der Waals surface area contributed by atoms with Gasteiger partial charge in [0.05, 0.1) is 17.1 Å². The Kier molecular flexibility index (Phi) is 4.44. The Balaban J connectivity index is 1.45. The molecule has 0 N–H and O–H groups in total. The van der Waals surface area contributed by atoms with Gasteiger partial charge in [0.1, 0.15) is 24.0 Å². The van der Waals surface area contributed by atoms with Gasteiger partial charge in [-0.2, -0.15) is 0 Å². The summed E-state index contributed by atoms with van der Waals surface area (Å²) in [4.78, 5) is 14.9. The van der Waals surface area contributed by atoms with E-state index in [0.717, 1.165) is 11.1 Å². The van der Waals surface area contributed by atoms with E-state index in [-0.39, 0.29) is 34.9 Å². The van der Waals surface area contributed by atoms with Crippen molar-refractivity contribution in [2.45, 2.75) is 25.9 Å². The van der Waals surface area contributed by atoms with Crippen molar-refractivity contribution in [2.24, 2.45) is 0 Å². The third-order valence-corrected chi connectivity index (χ3v) is 7.59. The number of sulfone groups is 1. The molecule has 30 heavy (non-hydrogen) atoms. The van der Waals surface area contributed by atoms with Gasteiger partial charge in [0.15, 0.2) is 15.6 Å². The zero-order valence-electron chi connectivity index (χ0n) is 16.4. The number of fused-ring (bicyclic) bond motifs is 2. The number of ketones is 1. The Morgan fingerprint density at radius 1 is 1.23 bits per heavy atom. The molecular formula is C22H20FNO5S. The fraction of sp³-hybridized carbons (Fsp3) is 0.318. The second kappa shape index (κ2) is 6.92. The van der Waals surface area contributed by atoms with E-state index in [2.05, 4.69) is 0 Å². The van der Waals surface area contributed by atoms with Crippen LogP contribution in [0.2, 0.25) is 0 Å². The van der Waals surface area contributed by atoms with Gasteiger partial charge >= 0.3 is 0 Å². The number of hydrogen-bond acceptors (Lipinski definition) is 6. The van der Waals surface area contributed by atoms with Crippen molar-refractivity contribution in [3.63, 3.8) is 0 Å². The summed E-state index contributed by atoms with van der Waals surface area (Å²) < 4.78 is 48.9. The molecule has 6 nitrogen and oxygen atoms in total. The smallest absolute Gasteiger partial charge is 0.231 e. The van der Waals surface area contributed by atoms with Gasteiger partial charge in [-0.25, -0.2) is 12.8 Å². The minimum Gasteiger partial charge on any atom is -0.477 e. The molecule has 156 valence electrons. The van der Waals surface area contributed by atoms with Gasteiger partial charge in [0.2, 0.25) is 5.78 Å². The number of rotatable bonds is 2. The molecule has 0 spiro atoms. The molecular weight excluding hydrogens is 409 g/mol. The molecule has 1 fully saturated rings. The molecule has 0 aliphatic carbocycles. The van der Waals surface area contributed by atoms with Gasteiger partial charge in [-0.3, -0.25) is 9.69 Å². The van der Waals surface area contributed by atoms with E-state index in [1.165, 1.54) is 18.2 Å². The number of halogens is 1. The largest absolute Gasteiger partial charge is 0.477 e. The highest BCUT2D eigenvalue weighted by Gasteiger charge is 2.37. The first-order valence-corrected chi connectivity index (χ1v) is 11.6. The summed E-state index contributed by atoms with van der Waals surface area (Å²) in [5, 5.41) is 0. The van der Waals surface area contributed by atoms with Crippen LogP contribution in [0.3, 0.4) is 0 Å². The second-order valence-electron chi connectivity index (χ2n) is 7.94. The van der Waals surface area contributed by atoms with Gasteiger partial charge < -0.3 is 9.47 Å². The van der Waals surface area contributed by atoms with E-state index in [0.29, 0.717) is 42.3 Å². The van der Waals surface area contributed by atoms with Crippen LogP contribution in [0.4, 0.5) is 4.39 Å². The van der Waals surface area contributed by atoms with Crippen molar-refractivity contribution < 1.29 is 27.1 Å². The van der Waals surface area contributed by atoms with E-state index < -0.39 is 9.84 Å². The fourth-order valence-corrected chi connectivity index (χ4v) is 6.07. The van der Waals surface area contributed by atoms with Gasteiger partial charge in [0, 0.05) is 23.7 Å². The van der Waals surface area contributed by atoms with E-state index >= 15 is 0 Å². The van der Waals surface area contributed by atoms with Gasteiger partial charge in [0.25, 0.3) is 0 Å². The minimum atomic E-state index is -2.99. The molecule has 3 heterocycles. The highest BCUT2D eigenvalue weighted by atomic mass is 32.2. The maximum atomic E-state index is 13.5. The molecule has 0 amide bonds. The van der Waals surface area contributed by atoms with Crippen LogP contribution in [-0.4, -0.2) is 43.4 Å². The van der Waals surface area contributed by atoms with Crippen LogP contribution < -0.4 is 9.47 Å². The average Bonchev–Trinajstić information content (AvgIpc) is 3.22. The maximum absolute atomic E-state index is 13.5. The summed E-state index contributed by atoms with van der Waals surface area (Å²) in [5.41, 5.74) is 2.56. The molecule has 0 aromatic heterocycles. The van der Waals surface area contributed by atoms with E-state index in [4.69, 9.17) is 9.47 Å². The number of carbonyl (C=O) groups excluding carboxylic acids is 1. The van der Waals surface area contributed by atoms with Crippen molar-refractivity contribution in [1.82, 2.24) is 4.90 Å². The van der Waals surface area contributed by atoms with E-state index in [9.17, 15) is 17.6 Å². The minimum absolute atomic E-state index is 0.0768. The highest BCUT2D eigenvalue weighted by Crippen LogP contribution is 2.43. The standard InChI is InChI=1S/C22H20FNO5S/c1-13-21-15(10-24(12-28-21)17-5-6-30(26,27)11-17)9-18-20(25)19(29-22(13)18)8-14-3-2-4-16(23)7-14/h2-4,7-9,17H,5-6,10-12H2,1H3/t17-/m1/s1. The Labute approximate surface area is 173 Å². The Morgan fingerprint density at radius 3 is 2.80 bits per heavy atom. The summed E-state index contributed by atoms with van der Waals surface area (Å²) in [6.07, 6.45) is 2.12. The third kappa shape index (κ3) is 3.30. The predicted molar refractivity (Wildman–Crippen MR) is 109 cm³/mol. The number of nitrogens with zero attached hydrogens (tertiary/aromatic N) is 1. The predicted octanol–water partition coefficient (Wildman–Crippen LogP) is 3.09. The maximum Gasteiger partial charge on any atom is 0.231 e. The molecule has 0 unspecified atom stereocenters. The number of hydrogen-bond donors (Lipinski definition) is 0. The van der Waals surface area contributed by atoms with Crippen molar-refractivity contribution in [3.05, 3.63) is 64.2 Å². The van der Waals surface area contributed by atoms with Gasteiger partial charge in [-0.1, -0.05) is 12.1 Å². The first-order chi connectivity index (χ1) is 14.3. The van der Waals surface area contributed by atoms with Crippen LogP contribution >= 0.6 is 0 Å². The number of Topliss-reactive ketones (excluding diaryl/α,β-unsaturated/α-hetero) is 1. The Hall–Kier alpha value is -2.71. The Bertz CT molecular complexity index is 1200. The fourth-order valence-electron chi connectivity index (χ4n) is 4.31. The summed E-state index contributed by atoms with van der Waals surface area (Å²) in [7, 11) is -2.99. The SMILES string of the molecule is Cc1c2c(cc3c1OC(=Cc1cccc(F)c1)C3=O)CN([C@@H]1CCS(=O)(=O)C1)CO2. The summed E-state index contributed by atoms with van der Waals surface area (Å²) in [6, 6.07) is 7.63. The lowest BCUT2D eigenvalue weighted by Gasteiger charge is -2.33. The van der Waals surface area contributed by atoms with Crippen LogP contribution in [0.25, 0.3) is 6.08 Å². The third-order valence-electron chi connectivity index (χ3n) is 5.84. The van der Waals surface area contributed by atoms with Crippen LogP contribution in [0.15, 0.2) is 36.1 Å². The molecule has 1 atom stereocenters. The topological polar surface area (TPSA) is 72.9 Å². The van der Waals surface area contributed by atoms with Crippen LogP contribution in [0, 0.1) is 12.7 Å². The zero-order chi connectivity index (χ0) is 21.0. The van der Waals surface area contributed by atoms with Crippen molar-refractivity contribution in [3.8, 4) is 11.5 Å². The monoisotopic (exact) mass is 429 g/mol. The molecule has 0 bridgehead atoms. The lowest BCUT2D eigenvalue weighted by atomic mass is 9.99. The number of allylic oxidation sites excluding steroid dienone is 1. The first kappa shape index (κ1) is 19.3. The lowest BCUT2D eigenvalue weighted by Crippen LogP contribution is -2.41. The number of carbonyl (C=O) groups is 1. The van der Waals surface area contributed by atoms with Crippen molar-refractivity contribution >= 4 is 21.7 Å². The molecule has 1 saturated heterocycles. The van der Waals surface area contributed by atoms with Crippen molar-refractivity contribution in [2.75, 3.05) is 18.2 Å². The molecule has 0 saturated carbocycles. The van der Waals surface area contributed by atoms with Crippen LogP contribution in [0.5, 0.6) is 11.5 Å². The highest BCUT2D eigenvalue weighted by molar-refractivity contribution is 7.91. The second-order valence-corrected chi connectivity index (χ2v) is 10.2. The quantitative estimate of drug-likeness (QED) is 0.684. The average molecular weight is 429 g/mol. The summed E-state index contributed by atoms with van der Waals surface area (Å²) >= 11 is 0. The zero-order valence-corrected chi connectivity index (χ0v) is 17.2. The summed E-state index contributed by atoms with van der Waals surface area (Å²) in [5.74, 6) is 0.953. The molecule has 8 heteroatoms. The molecule has 2 aromatic carbocycles. The molecule has 5 rings (SSSR count). The van der Waals surface area contributed by atoms with Crippen LogP contribution in [0.1, 0.15) is 33.5 Å². The van der Waals surface area contributed by atoms with Crippen LogP contribution in [-0.2, 0) is 16.4 Å². The van der Waals surface area contributed by atoms with Crippen molar-refractivity contribution in [1.29, 1.82) is 0 Å². The molecule has 3 aliphatic heterocycles. The van der Waals surface area contributed by atoms with E-state index in [1.54, 1.807) is 18.2 Å². The molecule has 2 aromatic rings. The number of benzene rings is 2. The van der Waals surface area contributed by atoms with Gasteiger partial charge in [-0.05, 0) is 43.2 Å². The summed E-state index contributed by atoms with van der Waals surface area (Å²) in [6.45, 7) is 2.65.